The topological polar surface area (TPSA) is 50.9 Å². The van der Waals surface area contributed by atoms with Crippen molar-refractivity contribution in [3.8, 4) is 5.69 Å². The first kappa shape index (κ1) is 11.8. The molecule has 90 valence electrons. The lowest BCUT2D eigenvalue weighted by Gasteiger charge is -2.06. The number of hydrogen-bond acceptors (Lipinski definition) is 3. The van der Waals surface area contributed by atoms with Crippen molar-refractivity contribution in [1.82, 2.24) is 15.0 Å². The van der Waals surface area contributed by atoms with E-state index in [1.165, 1.54) is 5.56 Å². The fraction of sp³-hybridized carbons (Fsp3) is 0.385. The van der Waals surface area contributed by atoms with E-state index in [0.717, 1.165) is 24.2 Å². The van der Waals surface area contributed by atoms with Crippen molar-refractivity contribution < 1.29 is 5.11 Å². The van der Waals surface area contributed by atoms with Crippen molar-refractivity contribution in [3.63, 3.8) is 0 Å². The molecule has 0 fully saturated rings. The predicted octanol–water partition coefficient (Wildman–Crippen LogP) is 1.88. The number of aliphatic hydroxyl groups is 1. The maximum Gasteiger partial charge on any atom is 0.112 e. The predicted molar refractivity (Wildman–Crippen MR) is 66.0 cm³/mol. The highest BCUT2D eigenvalue weighted by molar-refractivity contribution is 5.36. The average Bonchev–Trinajstić information content (AvgIpc) is 2.81. The Morgan fingerprint density at radius 3 is 2.35 bits per heavy atom. The van der Waals surface area contributed by atoms with E-state index in [0.29, 0.717) is 5.69 Å². The highest BCUT2D eigenvalue weighted by Gasteiger charge is 2.11. The SMILES string of the molecule is CCc1ccc(-n2nnc(CO)c2CC)cc1. The van der Waals surface area contributed by atoms with Crippen molar-refractivity contribution in [3.05, 3.63) is 41.2 Å². The molecular weight excluding hydrogens is 214 g/mol. The number of aliphatic hydroxyl groups excluding tert-OH is 1. The Labute approximate surface area is 101 Å². The van der Waals surface area contributed by atoms with Crippen LogP contribution in [0, 0.1) is 0 Å². The summed E-state index contributed by atoms with van der Waals surface area (Å²) < 4.78 is 1.80. The number of hydrogen-bond donors (Lipinski definition) is 1. The van der Waals surface area contributed by atoms with Crippen LogP contribution in [0.4, 0.5) is 0 Å². The molecule has 0 amide bonds. The van der Waals surface area contributed by atoms with Gasteiger partial charge in [0.15, 0.2) is 0 Å². The van der Waals surface area contributed by atoms with Crippen LogP contribution < -0.4 is 0 Å². The van der Waals surface area contributed by atoms with Gasteiger partial charge in [-0.25, -0.2) is 4.68 Å². The molecule has 0 aliphatic carbocycles. The average molecular weight is 231 g/mol. The van der Waals surface area contributed by atoms with Crippen LogP contribution in [0.5, 0.6) is 0 Å². The minimum absolute atomic E-state index is 0.0593. The van der Waals surface area contributed by atoms with Gasteiger partial charge in [-0.05, 0) is 30.5 Å². The van der Waals surface area contributed by atoms with Crippen LogP contribution in [-0.2, 0) is 19.4 Å². The zero-order chi connectivity index (χ0) is 12.3. The number of aromatic nitrogens is 3. The van der Waals surface area contributed by atoms with Gasteiger partial charge in [0.1, 0.15) is 5.69 Å². The first-order valence-electron chi connectivity index (χ1n) is 5.93. The number of nitrogens with zero attached hydrogens (tertiary/aromatic N) is 3. The van der Waals surface area contributed by atoms with Crippen LogP contribution in [0.2, 0.25) is 0 Å². The van der Waals surface area contributed by atoms with Crippen LogP contribution in [-0.4, -0.2) is 20.1 Å². The Hall–Kier alpha value is -1.68. The Kier molecular flexibility index (Phi) is 3.54. The molecule has 0 atom stereocenters. The number of benzene rings is 1. The molecule has 2 rings (SSSR count). The van der Waals surface area contributed by atoms with Gasteiger partial charge in [-0.15, -0.1) is 5.10 Å². The Morgan fingerprint density at radius 1 is 1.12 bits per heavy atom. The quantitative estimate of drug-likeness (QED) is 0.874. The summed E-state index contributed by atoms with van der Waals surface area (Å²) in [7, 11) is 0. The molecule has 0 aliphatic heterocycles. The molecule has 0 bridgehead atoms. The van der Waals surface area contributed by atoms with Gasteiger partial charge in [-0.2, -0.15) is 0 Å². The molecule has 17 heavy (non-hydrogen) atoms. The van der Waals surface area contributed by atoms with Crippen molar-refractivity contribution in [1.29, 1.82) is 0 Å². The summed E-state index contributed by atoms with van der Waals surface area (Å²) >= 11 is 0. The van der Waals surface area contributed by atoms with Gasteiger partial charge < -0.3 is 5.11 Å². The fourth-order valence-corrected chi connectivity index (χ4v) is 1.89. The smallest absolute Gasteiger partial charge is 0.112 e. The van der Waals surface area contributed by atoms with E-state index in [1.54, 1.807) is 4.68 Å². The molecule has 1 aromatic carbocycles. The number of rotatable bonds is 4. The highest BCUT2D eigenvalue weighted by atomic mass is 16.3. The van der Waals surface area contributed by atoms with Gasteiger partial charge in [-0.1, -0.05) is 31.2 Å². The van der Waals surface area contributed by atoms with Crippen LogP contribution in [0.15, 0.2) is 24.3 Å². The van der Waals surface area contributed by atoms with E-state index in [-0.39, 0.29) is 6.61 Å². The molecule has 0 spiro atoms. The molecule has 0 aliphatic rings. The first-order valence-corrected chi connectivity index (χ1v) is 5.93. The Bertz CT molecular complexity index is 488. The van der Waals surface area contributed by atoms with E-state index < -0.39 is 0 Å². The van der Waals surface area contributed by atoms with Gasteiger partial charge in [0.25, 0.3) is 0 Å². The van der Waals surface area contributed by atoms with Gasteiger partial charge in [0, 0.05) is 0 Å². The minimum atomic E-state index is -0.0593. The van der Waals surface area contributed by atoms with Gasteiger partial charge in [0.2, 0.25) is 0 Å². The molecule has 1 aromatic heterocycles. The van der Waals surface area contributed by atoms with Crippen molar-refractivity contribution in [2.75, 3.05) is 0 Å². The third-order valence-electron chi connectivity index (χ3n) is 2.92. The minimum Gasteiger partial charge on any atom is -0.390 e. The summed E-state index contributed by atoms with van der Waals surface area (Å²) in [6.07, 6.45) is 1.83. The molecule has 1 heterocycles. The van der Waals surface area contributed by atoms with Crippen LogP contribution >= 0.6 is 0 Å². The molecule has 0 unspecified atom stereocenters. The van der Waals surface area contributed by atoms with Crippen molar-refractivity contribution in [2.45, 2.75) is 33.3 Å². The van der Waals surface area contributed by atoms with Crippen molar-refractivity contribution in [2.24, 2.45) is 0 Å². The molecular formula is C13H17N3O. The van der Waals surface area contributed by atoms with Gasteiger partial charge in [-0.3, -0.25) is 0 Å². The Morgan fingerprint density at radius 2 is 1.82 bits per heavy atom. The molecule has 4 heteroatoms. The van der Waals surface area contributed by atoms with E-state index >= 15 is 0 Å². The lowest BCUT2D eigenvalue weighted by molar-refractivity contribution is 0.275. The summed E-state index contributed by atoms with van der Waals surface area (Å²) in [6.45, 7) is 4.11. The van der Waals surface area contributed by atoms with Crippen LogP contribution in [0.3, 0.4) is 0 Å². The van der Waals surface area contributed by atoms with Crippen molar-refractivity contribution >= 4 is 0 Å². The normalized spacial score (nSPS) is 10.8. The molecule has 2 aromatic rings. The fourth-order valence-electron chi connectivity index (χ4n) is 1.89. The van der Waals surface area contributed by atoms with E-state index in [2.05, 4.69) is 29.4 Å². The summed E-state index contributed by atoms with van der Waals surface area (Å²) in [6, 6.07) is 8.26. The summed E-state index contributed by atoms with van der Waals surface area (Å²) in [5.74, 6) is 0. The second kappa shape index (κ2) is 5.10. The summed E-state index contributed by atoms with van der Waals surface area (Å²) in [5.41, 5.74) is 3.92. The summed E-state index contributed by atoms with van der Waals surface area (Å²) in [5, 5.41) is 17.3. The molecule has 1 N–H and O–H groups in total. The molecule has 0 saturated carbocycles. The zero-order valence-corrected chi connectivity index (χ0v) is 10.2. The standard InChI is InChI=1S/C13H17N3O/c1-3-10-5-7-11(8-6-10)16-13(4-2)12(9-17)14-15-16/h5-8,17H,3-4,9H2,1-2H3. The maximum absolute atomic E-state index is 9.18. The van der Waals surface area contributed by atoms with E-state index in [4.69, 9.17) is 0 Å². The third kappa shape index (κ3) is 2.22. The van der Waals surface area contributed by atoms with Gasteiger partial charge >= 0.3 is 0 Å². The summed E-state index contributed by atoms with van der Waals surface area (Å²) in [4.78, 5) is 0. The third-order valence-corrected chi connectivity index (χ3v) is 2.92. The lowest BCUT2D eigenvalue weighted by atomic mass is 10.1. The lowest BCUT2D eigenvalue weighted by Crippen LogP contribution is -2.02. The number of aryl methyl sites for hydroxylation is 1. The largest absolute Gasteiger partial charge is 0.390 e. The first-order chi connectivity index (χ1) is 8.30. The second-order valence-corrected chi connectivity index (χ2v) is 3.93. The zero-order valence-electron chi connectivity index (χ0n) is 10.2. The van der Waals surface area contributed by atoms with E-state index in [9.17, 15) is 5.11 Å². The molecule has 0 saturated heterocycles. The monoisotopic (exact) mass is 231 g/mol. The Balaban J connectivity index is 2.41. The molecule has 0 radical (unpaired) electrons. The second-order valence-electron chi connectivity index (χ2n) is 3.93. The molecule has 4 nitrogen and oxygen atoms in total. The maximum atomic E-state index is 9.18. The van der Waals surface area contributed by atoms with Gasteiger partial charge in [0.05, 0.1) is 18.0 Å². The van der Waals surface area contributed by atoms with Crippen LogP contribution in [0.25, 0.3) is 5.69 Å². The highest BCUT2D eigenvalue weighted by Crippen LogP contribution is 2.14. The van der Waals surface area contributed by atoms with Crippen LogP contribution in [0.1, 0.15) is 30.8 Å². The van der Waals surface area contributed by atoms with E-state index in [1.807, 2.05) is 19.1 Å².